The Morgan fingerprint density at radius 2 is 2.07 bits per heavy atom. The van der Waals surface area contributed by atoms with Crippen molar-refractivity contribution in [2.45, 2.75) is 40.0 Å². The van der Waals surface area contributed by atoms with Crippen molar-refractivity contribution < 1.29 is 0 Å². The second-order valence-electron chi connectivity index (χ2n) is 5.31. The van der Waals surface area contributed by atoms with E-state index < -0.39 is 0 Å². The molecule has 1 fully saturated rings. The fraction of sp³-hybridized carbons (Fsp3) is 0.769. The third-order valence-electron chi connectivity index (χ3n) is 4.50. The summed E-state index contributed by atoms with van der Waals surface area (Å²) in [5.41, 5.74) is 1.30. The molecule has 0 aromatic carbocycles. The number of aromatic nitrogens is 2. The molecule has 1 aliphatic carbocycles. The summed E-state index contributed by atoms with van der Waals surface area (Å²) in [6.07, 6.45) is 7.71. The first-order valence-electron chi connectivity index (χ1n) is 6.15. The highest BCUT2D eigenvalue weighted by Gasteiger charge is 2.31. The molecule has 0 aliphatic heterocycles. The third kappa shape index (κ3) is 2.24. The lowest BCUT2D eigenvalue weighted by Gasteiger charge is -2.38. The van der Waals surface area contributed by atoms with Gasteiger partial charge >= 0.3 is 0 Å². The summed E-state index contributed by atoms with van der Waals surface area (Å²) in [7, 11) is 0. The minimum atomic E-state index is 0.844. The van der Waals surface area contributed by atoms with Crippen LogP contribution in [-0.4, -0.2) is 9.97 Å². The molecule has 4 atom stereocenters. The quantitative estimate of drug-likeness (QED) is 0.790. The van der Waals surface area contributed by atoms with Crippen LogP contribution in [0.15, 0.2) is 12.5 Å². The third-order valence-corrected chi connectivity index (χ3v) is 4.50. The Morgan fingerprint density at radius 3 is 2.73 bits per heavy atom. The molecule has 1 aromatic rings. The molecule has 0 spiro atoms. The number of nitrogens with zero attached hydrogens (tertiary/aromatic N) is 1. The van der Waals surface area contributed by atoms with Gasteiger partial charge in [0, 0.05) is 11.9 Å². The zero-order valence-corrected chi connectivity index (χ0v) is 10.0. The average Bonchev–Trinajstić information content (AvgIpc) is 2.72. The molecule has 1 heterocycles. The van der Waals surface area contributed by atoms with E-state index in [4.69, 9.17) is 0 Å². The Bertz CT molecular complexity index is 291. The van der Waals surface area contributed by atoms with Crippen molar-refractivity contribution in [3.8, 4) is 0 Å². The maximum absolute atomic E-state index is 4.09. The van der Waals surface area contributed by atoms with E-state index >= 15 is 0 Å². The van der Waals surface area contributed by atoms with Crippen LogP contribution in [0.3, 0.4) is 0 Å². The summed E-state index contributed by atoms with van der Waals surface area (Å²) in [6, 6.07) is 0. The van der Waals surface area contributed by atoms with E-state index in [1.807, 2.05) is 6.20 Å². The van der Waals surface area contributed by atoms with Gasteiger partial charge < -0.3 is 4.98 Å². The molecule has 0 saturated heterocycles. The Labute approximate surface area is 92.5 Å². The van der Waals surface area contributed by atoms with E-state index in [2.05, 4.69) is 30.7 Å². The molecule has 2 rings (SSSR count). The van der Waals surface area contributed by atoms with Crippen molar-refractivity contribution in [3.05, 3.63) is 18.2 Å². The second-order valence-corrected chi connectivity index (χ2v) is 5.31. The van der Waals surface area contributed by atoms with E-state index in [1.165, 1.54) is 25.0 Å². The van der Waals surface area contributed by atoms with Crippen molar-refractivity contribution in [1.29, 1.82) is 0 Å². The molecule has 0 radical (unpaired) electrons. The Kier molecular flexibility index (Phi) is 3.13. The molecular formula is C13H22N2. The highest BCUT2D eigenvalue weighted by Crippen LogP contribution is 2.39. The molecule has 0 bridgehead atoms. The van der Waals surface area contributed by atoms with Gasteiger partial charge in [0.2, 0.25) is 0 Å². The first-order valence-corrected chi connectivity index (χ1v) is 6.15. The van der Waals surface area contributed by atoms with Crippen molar-refractivity contribution in [1.82, 2.24) is 9.97 Å². The Morgan fingerprint density at radius 1 is 1.27 bits per heavy atom. The highest BCUT2D eigenvalue weighted by atomic mass is 14.9. The van der Waals surface area contributed by atoms with Crippen molar-refractivity contribution in [2.24, 2.45) is 23.7 Å². The van der Waals surface area contributed by atoms with Crippen LogP contribution >= 0.6 is 0 Å². The Hall–Kier alpha value is -0.790. The minimum absolute atomic E-state index is 0.844. The standard InChI is InChI=1S/C13H22N2/c1-9-4-5-12(11(3)10(9)2)6-13-7-14-8-15-13/h7-12H,4-6H2,1-3H3,(H,14,15). The summed E-state index contributed by atoms with van der Waals surface area (Å²) < 4.78 is 0. The molecule has 1 aromatic heterocycles. The SMILES string of the molecule is CC1CCC(Cc2cnc[nH]2)C(C)C1C. The average molecular weight is 206 g/mol. The summed E-state index contributed by atoms with van der Waals surface area (Å²) >= 11 is 0. The summed E-state index contributed by atoms with van der Waals surface area (Å²) in [4.78, 5) is 7.31. The van der Waals surface area contributed by atoms with Gasteiger partial charge in [-0.2, -0.15) is 0 Å². The number of imidazole rings is 1. The summed E-state index contributed by atoms with van der Waals surface area (Å²) in [5, 5.41) is 0. The number of hydrogen-bond donors (Lipinski definition) is 1. The lowest BCUT2D eigenvalue weighted by atomic mass is 9.67. The van der Waals surface area contributed by atoms with Crippen LogP contribution in [0.2, 0.25) is 0 Å². The van der Waals surface area contributed by atoms with Crippen LogP contribution in [-0.2, 0) is 6.42 Å². The number of aromatic amines is 1. The zero-order valence-electron chi connectivity index (χ0n) is 10.0. The van der Waals surface area contributed by atoms with Crippen molar-refractivity contribution in [2.75, 3.05) is 0 Å². The van der Waals surface area contributed by atoms with Gasteiger partial charge in [0.25, 0.3) is 0 Å². The van der Waals surface area contributed by atoms with Crippen LogP contribution < -0.4 is 0 Å². The van der Waals surface area contributed by atoms with E-state index in [1.54, 1.807) is 6.33 Å². The molecule has 1 N–H and O–H groups in total. The first kappa shape index (κ1) is 10.7. The lowest BCUT2D eigenvalue weighted by molar-refractivity contribution is 0.125. The summed E-state index contributed by atoms with van der Waals surface area (Å²) in [6.45, 7) is 7.23. The molecule has 1 aliphatic rings. The lowest BCUT2D eigenvalue weighted by Crippen LogP contribution is -2.31. The van der Waals surface area contributed by atoms with E-state index in [-0.39, 0.29) is 0 Å². The van der Waals surface area contributed by atoms with Gasteiger partial charge in [-0.25, -0.2) is 4.98 Å². The number of rotatable bonds is 2. The van der Waals surface area contributed by atoms with Crippen LogP contribution in [0.5, 0.6) is 0 Å². The largest absolute Gasteiger partial charge is 0.348 e. The zero-order chi connectivity index (χ0) is 10.8. The fourth-order valence-electron chi connectivity index (χ4n) is 2.92. The molecule has 2 nitrogen and oxygen atoms in total. The molecule has 4 unspecified atom stereocenters. The normalized spacial score (nSPS) is 36.7. The maximum Gasteiger partial charge on any atom is 0.0921 e. The topological polar surface area (TPSA) is 28.7 Å². The minimum Gasteiger partial charge on any atom is -0.348 e. The van der Waals surface area contributed by atoms with Crippen LogP contribution in [0.25, 0.3) is 0 Å². The van der Waals surface area contributed by atoms with E-state index in [0.717, 1.165) is 23.7 Å². The fourth-order valence-corrected chi connectivity index (χ4v) is 2.92. The predicted octanol–water partition coefficient (Wildman–Crippen LogP) is 3.27. The van der Waals surface area contributed by atoms with Gasteiger partial charge in [-0.1, -0.05) is 27.2 Å². The Balaban J connectivity index is 1.98. The van der Waals surface area contributed by atoms with Gasteiger partial charge in [0.1, 0.15) is 0 Å². The van der Waals surface area contributed by atoms with Gasteiger partial charge in [0.15, 0.2) is 0 Å². The number of H-pyrrole nitrogens is 1. The van der Waals surface area contributed by atoms with Gasteiger partial charge in [-0.3, -0.25) is 0 Å². The predicted molar refractivity (Wildman–Crippen MR) is 62.5 cm³/mol. The van der Waals surface area contributed by atoms with Gasteiger partial charge in [0.05, 0.1) is 6.33 Å². The molecular weight excluding hydrogens is 184 g/mol. The maximum atomic E-state index is 4.09. The molecule has 1 saturated carbocycles. The van der Waals surface area contributed by atoms with Gasteiger partial charge in [-0.15, -0.1) is 0 Å². The molecule has 2 heteroatoms. The van der Waals surface area contributed by atoms with E-state index in [0.29, 0.717) is 0 Å². The van der Waals surface area contributed by atoms with E-state index in [9.17, 15) is 0 Å². The number of nitrogens with one attached hydrogen (secondary N) is 1. The number of hydrogen-bond acceptors (Lipinski definition) is 1. The van der Waals surface area contributed by atoms with Crippen LogP contribution in [0, 0.1) is 23.7 Å². The second kappa shape index (κ2) is 4.38. The van der Waals surface area contributed by atoms with Crippen LogP contribution in [0.4, 0.5) is 0 Å². The highest BCUT2D eigenvalue weighted by molar-refractivity contribution is 4.98. The van der Waals surface area contributed by atoms with Crippen molar-refractivity contribution >= 4 is 0 Å². The molecule has 15 heavy (non-hydrogen) atoms. The van der Waals surface area contributed by atoms with Crippen molar-refractivity contribution in [3.63, 3.8) is 0 Å². The monoisotopic (exact) mass is 206 g/mol. The van der Waals surface area contributed by atoms with Gasteiger partial charge in [-0.05, 0) is 36.5 Å². The first-order chi connectivity index (χ1) is 7.18. The summed E-state index contributed by atoms with van der Waals surface area (Å²) in [5.74, 6) is 3.46. The smallest absolute Gasteiger partial charge is 0.0921 e. The van der Waals surface area contributed by atoms with Crippen LogP contribution in [0.1, 0.15) is 39.3 Å². The molecule has 0 amide bonds. The molecule has 84 valence electrons.